The van der Waals surface area contributed by atoms with Crippen LogP contribution in [0.25, 0.3) is 26.6 Å². The summed E-state index contributed by atoms with van der Waals surface area (Å²) in [6, 6.07) is 22.8. The van der Waals surface area contributed by atoms with Crippen LogP contribution in [0.1, 0.15) is 44.0 Å². The monoisotopic (exact) mass is 644 g/mol. The molecule has 0 bridgehead atoms. The van der Waals surface area contributed by atoms with Gasteiger partial charge in [0.25, 0.3) is 0 Å². The second-order valence-electron chi connectivity index (χ2n) is 8.22. The van der Waals surface area contributed by atoms with Gasteiger partial charge in [-0.25, -0.2) is 11.1 Å². The molecular weight excluding hydrogens is 617 g/mol. The van der Waals surface area contributed by atoms with Gasteiger partial charge in [0, 0.05) is 5.12 Å². The summed E-state index contributed by atoms with van der Waals surface area (Å²) in [5, 5.41) is 9.24. The molecule has 162 valence electrons. The zero-order valence-corrected chi connectivity index (χ0v) is 24.6. The molecule has 1 unspecified atom stereocenters. The average Bonchev–Trinajstić information content (AvgIpc) is 3.43. The van der Waals surface area contributed by atoms with Gasteiger partial charge in [-0.15, -0.1) is 55.9 Å². The molecule has 0 fully saturated rings. The number of fused-ring (bicyclic) bond motifs is 4. The topological polar surface area (TPSA) is 0 Å². The standard InChI is InChI=1S/C21H18P.C7H9.2ClH.Hf/c1-2-8-16-14-17(13-15(16)7-1)22-20-11-5-3-9-18(20)19-10-4-6-12-21(19)22;1-6-4-3-5-7(6)2;;;/h1-3,5,7-9,11,13-14H,4,6,10,12H2;4H,3H2,1-2H3;2*1H;/q2*-1;;;+4/p-2. The number of benzene rings is 2. The van der Waals surface area contributed by atoms with Crippen molar-refractivity contribution in [3.05, 3.63) is 94.8 Å². The van der Waals surface area contributed by atoms with Crippen molar-refractivity contribution in [2.75, 3.05) is 0 Å². The quantitative estimate of drug-likeness (QED) is 0.221. The molecule has 0 saturated carbocycles. The van der Waals surface area contributed by atoms with Crippen LogP contribution in [0.2, 0.25) is 0 Å². The summed E-state index contributed by atoms with van der Waals surface area (Å²) in [6.07, 6.45) is 11.7. The van der Waals surface area contributed by atoms with Gasteiger partial charge in [0.2, 0.25) is 0 Å². The maximum absolute atomic E-state index is 3.19. The first-order valence-corrected chi connectivity index (χ1v) is 12.1. The molecule has 0 aliphatic heterocycles. The molecule has 0 radical (unpaired) electrons. The van der Waals surface area contributed by atoms with Crippen LogP contribution in [0.15, 0.2) is 77.9 Å². The molecule has 1 atom stereocenters. The van der Waals surface area contributed by atoms with E-state index in [0.717, 1.165) is 6.42 Å². The molecule has 4 aromatic rings. The molecule has 1 heterocycles. The molecule has 32 heavy (non-hydrogen) atoms. The molecule has 0 saturated heterocycles. The number of rotatable bonds is 1. The van der Waals surface area contributed by atoms with E-state index in [2.05, 4.69) is 86.7 Å². The van der Waals surface area contributed by atoms with Gasteiger partial charge in [-0.2, -0.15) is 12.1 Å². The molecule has 2 aliphatic rings. The molecule has 0 amide bonds. The van der Waals surface area contributed by atoms with Gasteiger partial charge in [0.05, 0.1) is 0 Å². The third kappa shape index (κ3) is 5.23. The van der Waals surface area contributed by atoms with Gasteiger partial charge in [-0.1, -0.05) is 42.6 Å². The molecule has 0 nitrogen and oxygen atoms in total. The van der Waals surface area contributed by atoms with Crippen LogP contribution >= 0.6 is 7.53 Å². The minimum atomic E-state index is -0.281. The van der Waals surface area contributed by atoms with E-state index in [1.807, 2.05) is 0 Å². The van der Waals surface area contributed by atoms with Crippen LogP contribution in [0.4, 0.5) is 0 Å². The molecule has 1 aromatic heterocycles. The van der Waals surface area contributed by atoms with Crippen LogP contribution < -0.4 is 24.8 Å². The van der Waals surface area contributed by atoms with Crippen LogP contribution in [0, 0.1) is 6.08 Å². The van der Waals surface area contributed by atoms with E-state index in [9.17, 15) is 0 Å². The van der Waals surface area contributed by atoms with Gasteiger partial charge in [0.1, 0.15) is 0 Å². The molecule has 2 aliphatic carbocycles. The number of hydrogen-bond acceptors (Lipinski definition) is 0. The fourth-order valence-electron chi connectivity index (χ4n) is 4.70. The Morgan fingerprint density at radius 2 is 1.62 bits per heavy atom. The number of hydrogen-bond donors (Lipinski definition) is 0. The molecule has 0 N–H and O–H groups in total. The van der Waals surface area contributed by atoms with E-state index in [-0.39, 0.29) is 58.2 Å². The van der Waals surface area contributed by atoms with Gasteiger partial charge >= 0.3 is 25.8 Å². The Kier molecular flexibility index (Phi) is 10.2. The van der Waals surface area contributed by atoms with Crippen LogP contribution in [0.3, 0.4) is 0 Å². The second kappa shape index (κ2) is 11.9. The second-order valence-corrected chi connectivity index (χ2v) is 10.4. The Hall–Kier alpha value is -0.980. The van der Waals surface area contributed by atoms with E-state index in [4.69, 9.17) is 0 Å². The van der Waals surface area contributed by atoms with E-state index in [1.54, 1.807) is 26.7 Å². The van der Waals surface area contributed by atoms with E-state index >= 15 is 0 Å². The number of aryl methyl sites for hydroxylation is 1. The van der Waals surface area contributed by atoms with Gasteiger partial charge in [-0.05, 0) is 41.9 Å². The summed E-state index contributed by atoms with van der Waals surface area (Å²) in [5.74, 6) is 0. The molecular formula is C28H27Cl2HfP. The van der Waals surface area contributed by atoms with Crippen LogP contribution in [-0.2, 0) is 38.7 Å². The van der Waals surface area contributed by atoms with Gasteiger partial charge in [0.15, 0.2) is 0 Å². The average molecular weight is 644 g/mol. The largest absolute Gasteiger partial charge is 4.00 e. The predicted molar refractivity (Wildman–Crippen MR) is 129 cm³/mol. The van der Waals surface area contributed by atoms with Crippen LogP contribution in [0.5, 0.6) is 0 Å². The fraction of sp³-hybridized carbons (Fsp3) is 0.250. The summed E-state index contributed by atoms with van der Waals surface area (Å²) in [6.45, 7) is 4.22. The fourth-order valence-corrected chi connectivity index (χ4v) is 7.69. The summed E-state index contributed by atoms with van der Waals surface area (Å²) >= 11 is 0. The summed E-state index contributed by atoms with van der Waals surface area (Å²) in [4.78, 5) is 0. The van der Waals surface area contributed by atoms with E-state index in [1.165, 1.54) is 47.6 Å². The van der Waals surface area contributed by atoms with Crippen molar-refractivity contribution in [3.63, 3.8) is 0 Å². The summed E-state index contributed by atoms with van der Waals surface area (Å²) in [7, 11) is -0.281. The Morgan fingerprint density at radius 3 is 2.31 bits per heavy atom. The SMILES string of the molecule is CC1=[C-]CC=C1C.[Cl-].[Cl-].[Hf+4].c1ccc2[cH-]c(-p3c4c(c5ccccc53)CCCC4)cc2c1. The maximum atomic E-state index is 3.19. The predicted octanol–water partition coefficient (Wildman–Crippen LogP) is 2.66. The van der Waals surface area contributed by atoms with Crippen molar-refractivity contribution in [1.29, 1.82) is 0 Å². The van der Waals surface area contributed by atoms with Crippen molar-refractivity contribution in [3.8, 4) is 5.30 Å². The maximum Gasteiger partial charge on any atom is 4.00 e. The normalized spacial score (nSPS) is 14.8. The molecule has 0 spiro atoms. The zero-order chi connectivity index (χ0) is 19.8. The Bertz CT molecular complexity index is 1210. The van der Waals surface area contributed by atoms with Gasteiger partial charge < -0.3 is 24.8 Å². The summed E-state index contributed by atoms with van der Waals surface area (Å²) < 4.78 is 0. The summed E-state index contributed by atoms with van der Waals surface area (Å²) in [5.41, 5.74) is 4.39. The third-order valence-corrected chi connectivity index (χ3v) is 9.09. The van der Waals surface area contributed by atoms with Crippen molar-refractivity contribution in [2.24, 2.45) is 0 Å². The first kappa shape index (κ1) is 27.3. The van der Waals surface area contributed by atoms with Crippen molar-refractivity contribution in [1.82, 2.24) is 0 Å². The Labute approximate surface area is 224 Å². The third-order valence-electron chi connectivity index (χ3n) is 6.41. The van der Waals surface area contributed by atoms with E-state index < -0.39 is 0 Å². The van der Waals surface area contributed by atoms with Gasteiger partial charge in [-0.3, -0.25) is 6.08 Å². The first-order chi connectivity index (χ1) is 14.2. The van der Waals surface area contributed by atoms with E-state index in [0.29, 0.717) is 0 Å². The minimum Gasteiger partial charge on any atom is -1.00 e. The molecule has 3 aromatic carbocycles. The first-order valence-electron chi connectivity index (χ1n) is 10.7. The van der Waals surface area contributed by atoms with Crippen molar-refractivity contribution >= 4 is 28.8 Å². The van der Waals surface area contributed by atoms with Crippen LogP contribution in [-0.4, -0.2) is 0 Å². The smallest absolute Gasteiger partial charge is 1.00 e. The molecule has 6 rings (SSSR count). The molecule has 4 heteroatoms. The minimum absolute atomic E-state index is 0. The zero-order valence-electron chi connectivity index (χ0n) is 18.6. The van der Waals surface area contributed by atoms with Crippen molar-refractivity contribution in [2.45, 2.75) is 46.0 Å². The number of allylic oxidation sites excluding steroid dienone is 4. The van der Waals surface area contributed by atoms with Crippen molar-refractivity contribution < 1.29 is 50.7 Å². The Balaban J connectivity index is 0.000000317. The Morgan fingerprint density at radius 1 is 0.906 bits per heavy atom. The number of halogens is 2.